The Morgan fingerprint density at radius 2 is 0.946 bits per heavy atom. The van der Waals surface area contributed by atoms with Gasteiger partial charge in [-0.1, -0.05) is 251 Å². The van der Waals surface area contributed by atoms with Crippen molar-refractivity contribution in [2.24, 2.45) is 0 Å². The van der Waals surface area contributed by atoms with Crippen molar-refractivity contribution >= 4 is 17.8 Å². The molecule has 3 rings (SSSR count). The van der Waals surface area contributed by atoms with E-state index in [1.165, 1.54) is 186 Å². The third-order valence-corrected chi connectivity index (χ3v) is 18.8. The standard InChI is InChI=1S/C69H130N2O21/c1-4-6-8-10-12-14-16-18-20-22-23-24-25-26-27-29-31-33-35-37-39-41-43-56(79)71-50(51(76)42-40-38-36-34-32-30-28-21-19-17-15-13-11-9-7-5-2)48-87-66-61(83)60(82)63(55(47-74)89-66)90-67-62(84)65(59(81)54(46-73)88-67)92-69(68(85)86)44-52(77)57(70-49(3)75)64(91-69)58(80)53(78)45-72/h50-55,57-67,72-74,76-78,80-84H,4-48H2,1-3H3,(H,70,75)(H,71,79)(H,85,86). The van der Waals surface area contributed by atoms with E-state index in [1.54, 1.807) is 0 Å². The van der Waals surface area contributed by atoms with Gasteiger partial charge in [0, 0.05) is 19.8 Å². The van der Waals surface area contributed by atoms with E-state index in [-0.39, 0.29) is 18.9 Å². The van der Waals surface area contributed by atoms with Gasteiger partial charge in [0.05, 0.1) is 50.7 Å². The van der Waals surface area contributed by atoms with Crippen LogP contribution in [0.4, 0.5) is 0 Å². The van der Waals surface area contributed by atoms with Crippen molar-refractivity contribution in [3.8, 4) is 0 Å². The van der Waals surface area contributed by atoms with Gasteiger partial charge in [0.1, 0.15) is 67.1 Å². The van der Waals surface area contributed by atoms with Crippen molar-refractivity contribution in [3.05, 3.63) is 0 Å². The minimum absolute atomic E-state index is 0.229. The van der Waals surface area contributed by atoms with Crippen molar-refractivity contribution < 1.29 is 104 Å². The molecule has 3 aliphatic rings. The first-order valence-electron chi connectivity index (χ1n) is 36.4. The smallest absolute Gasteiger partial charge is 0.364 e. The Balaban J connectivity index is 1.56. The molecule has 0 saturated carbocycles. The lowest BCUT2D eigenvalue weighted by Gasteiger charge is -2.50. The van der Waals surface area contributed by atoms with E-state index in [0.717, 1.165) is 51.9 Å². The second-order valence-corrected chi connectivity index (χ2v) is 26.8. The van der Waals surface area contributed by atoms with Crippen LogP contribution in [-0.2, 0) is 42.8 Å². The van der Waals surface area contributed by atoms with Crippen LogP contribution in [0.25, 0.3) is 0 Å². The molecule has 0 bridgehead atoms. The molecule has 0 aromatic carbocycles. The van der Waals surface area contributed by atoms with Gasteiger partial charge in [-0.2, -0.15) is 0 Å². The summed E-state index contributed by atoms with van der Waals surface area (Å²) in [5, 5.41) is 136. The van der Waals surface area contributed by atoms with Crippen LogP contribution in [0.15, 0.2) is 0 Å². The highest BCUT2D eigenvalue weighted by atomic mass is 16.8. The summed E-state index contributed by atoms with van der Waals surface area (Å²) in [5.74, 6) is -6.09. The molecule has 92 heavy (non-hydrogen) atoms. The van der Waals surface area contributed by atoms with E-state index >= 15 is 0 Å². The van der Waals surface area contributed by atoms with Gasteiger partial charge in [0.2, 0.25) is 11.8 Å². The summed E-state index contributed by atoms with van der Waals surface area (Å²) in [6, 6.07) is -2.52. The summed E-state index contributed by atoms with van der Waals surface area (Å²) >= 11 is 0. The highest BCUT2D eigenvalue weighted by Gasteiger charge is 2.60. The number of hydrogen-bond acceptors (Lipinski definition) is 20. The summed E-state index contributed by atoms with van der Waals surface area (Å²) in [6.07, 6.45) is 18.1. The third kappa shape index (κ3) is 31.9. The number of carbonyl (C=O) groups excluding carboxylic acids is 2. The van der Waals surface area contributed by atoms with E-state index in [1.807, 2.05) is 0 Å². The number of carbonyl (C=O) groups is 3. The highest BCUT2D eigenvalue weighted by Crippen LogP contribution is 2.39. The topological polar surface area (TPSA) is 373 Å². The van der Waals surface area contributed by atoms with Crippen LogP contribution in [0, 0.1) is 0 Å². The summed E-state index contributed by atoms with van der Waals surface area (Å²) in [5.41, 5.74) is 0. The number of carboxylic acid groups (broad SMARTS) is 1. The van der Waals surface area contributed by atoms with Crippen LogP contribution in [0.5, 0.6) is 0 Å². The number of ether oxygens (including phenoxy) is 6. The first kappa shape index (κ1) is 84.0. The molecule has 3 fully saturated rings. The average Bonchev–Trinajstić information content (AvgIpc) is 0.779. The predicted octanol–water partition coefficient (Wildman–Crippen LogP) is 7.29. The molecule has 3 saturated heterocycles. The highest BCUT2D eigenvalue weighted by molar-refractivity contribution is 5.77. The van der Waals surface area contributed by atoms with E-state index in [9.17, 15) is 75.7 Å². The fraction of sp³-hybridized carbons (Fsp3) is 0.957. The molecule has 18 atom stereocenters. The van der Waals surface area contributed by atoms with E-state index < -0.39 is 148 Å². The number of hydrogen-bond donors (Lipinski definition) is 14. The van der Waals surface area contributed by atoms with Gasteiger partial charge in [0.25, 0.3) is 5.79 Å². The fourth-order valence-corrected chi connectivity index (χ4v) is 13.0. The number of aliphatic hydroxyl groups is 11. The summed E-state index contributed by atoms with van der Waals surface area (Å²) < 4.78 is 34.9. The maximum atomic E-state index is 13.5. The number of rotatable bonds is 56. The van der Waals surface area contributed by atoms with Gasteiger partial charge in [-0.25, -0.2) is 4.79 Å². The Labute approximate surface area is 550 Å². The first-order valence-corrected chi connectivity index (χ1v) is 36.4. The summed E-state index contributed by atoms with van der Waals surface area (Å²) in [6.45, 7) is 2.24. The molecule has 0 radical (unpaired) electrons. The Morgan fingerprint density at radius 3 is 1.36 bits per heavy atom. The first-order chi connectivity index (χ1) is 44.4. The predicted molar refractivity (Wildman–Crippen MR) is 348 cm³/mol. The number of aliphatic hydroxyl groups excluding tert-OH is 11. The van der Waals surface area contributed by atoms with E-state index in [2.05, 4.69) is 24.5 Å². The van der Waals surface area contributed by atoms with Gasteiger partial charge in [-0.05, 0) is 12.8 Å². The molecule has 18 unspecified atom stereocenters. The maximum Gasteiger partial charge on any atom is 0.364 e. The van der Waals surface area contributed by atoms with Crippen molar-refractivity contribution in [1.29, 1.82) is 0 Å². The van der Waals surface area contributed by atoms with Crippen LogP contribution in [0.2, 0.25) is 0 Å². The van der Waals surface area contributed by atoms with Crippen molar-refractivity contribution in [1.82, 2.24) is 10.6 Å². The van der Waals surface area contributed by atoms with Gasteiger partial charge >= 0.3 is 5.97 Å². The van der Waals surface area contributed by atoms with Crippen LogP contribution in [0.3, 0.4) is 0 Å². The normalized spacial score (nSPS) is 28.2. The number of carboxylic acids is 1. The number of unbranched alkanes of at least 4 members (excludes halogenated alkanes) is 36. The van der Waals surface area contributed by atoms with Crippen LogP contribution in [0.1, 0.15) is 284 Å². The lowest BCUT2D eigenvalue weighted by molar-refractivity contribution is -0.386. The minimum atomic E-state index is -3.08. The minimum Gasteiger partial charge on any atom is -0.477 e. The Bertz CT molecular complexity index is 1860. The molecule has 542 valence electrons. The third-order valence-electron chi connectivity index (χ3n) is 18.8. The molecule has 3 aliphatic heterocycles. The fourth-order valence-electron chi connectivity index (χ4n) is 13.0. The largest absolute Gasteiger partial charge is 0.477 e. The molecule has 23 nitrogen and oxygen atoms in total. The average molecular weight is 1320 g/mol. The van der Waals surface area contributed by atoms with Gasteiger partial charge in [-0.3, -0.25) is 9.59 Å². The number of nitrogens with one attached hydrogen (secondary N) is 2. The second-order valence-electron chi connectivity index (χ2n) is 26.8. The Hall–Kier alpha value is -2.27. The molecule has 14 N–H and O–H groups in total. The van der Waals surface area contributed by atoms with E-state index in [4.69, 9.17) is 28.4 Å². The van der Waals surface area contributed by atoms with Crippen LogP contribution in [-0.4, -0.2) is 215 Å². The van der Waals surface area contributed by atoms with Gasteiger partial charge < -0.3 is 100 Å². The Morgan fingerprint density at radius 1 is 0.522 bits per heavy atom. The zero-order valence-corrected chi connectivity index (χ0v) is 56.7. The molecule has 2 amide bonds. The molecule has 0 spiro atoms. The zero-order chi connectivity index (χ0) is 67.5. The van der Waals surface area contributed by atoms with Crippen LogP contribution < -0.4 is 10.6 Å². The van der Waals surface area contributed by atoms with Crippen molar-refractivity contribution in [3.63, 3.8) is 0 Å². The lowest BCUT2D eigenvalue weighted by atomic mass is 9.88. The maximum absolute atomic E-state index is 13.5. The van der Waals surface area contributed by atoms with Crippen molar-refractivity contribution in [2.45, 2.75) is 394 Å². The monoisotopic (exact) mass is 1320 g/mol. The van der Waals surface area contributed by atoms with Gasteiger partial charge in [-0.15, -0.1) is 0 Å². The number of amides is 2. The van der Waals surface area contributed by atoms with Crippen molar-refractivity contribution in [2.75, 3.05) is 26.4 Å². The van der Waals surface area contributed by atoms with E-state index in [0.29, 0.717) is 19.3 Å². The molecular weight excluding hydrogens is 1190 g/mol. The SMILES string of the molecule is CCCCCCCCCCCCCCCCCCCCCCCCC(=O)NC(COC1OC(CO)C(OC2OC(CO)C(O)C(OC3(C(=O)O)CC(O)C(NC(C)=O)C(C(O)C(O)CO)O3)C2O)C(O)C1O)C(O)CCCCCCCCCCCCCCCCCC. The second kappa shape index (κ2) is 50.1. The summed E-state index contributed by atoms with van der Waals surface area (Å²) in [7, 11) is 0. The zero-order valence-electron chi connectivity index (χ0n) is 56.7. The molecule has 23 heteroatoms. The van der Waals surface area contributed by atoms with Crippen LogP contribution >= 0.6 is 0 Å². The summed E-state index contributed by atoms with van der Waals surface area (Å²) in [4.78, 5) is 38.6. The number of aliphatic carboxylic acids is 1. The lowest BCUT2D eigenvalue weighted by Crippen LogP contribution is -2.70. The molecule has 0 aromatic heterocycles. The molecule has 0 aromatic rings. The molecule has 0 aliphatic carbocycles. The van der Waals surface area contributed by atoms with Gasteiger partial charge in [0.15, 0.2) is 12.6 Å². The quantitative estimate of drug-likeness (QED) is 0.0266. The molecular formula is C69H130N2O21. The molecule has 3 heterocycles. The Kier molecular flexibility index (Phi) is 45.7.